The van der Waals surface area contributed by atoms with Crippen molar-refractivity contribution in [3.63, 3.8) is 0 Å². The molecule has 100 valence electrons. The van der Waals surface area contributed by atoms with Gasteiger partial charge in [0, 0.05) is 12.6 Å². The van der Waals surface area contributed by atoms with Crippen LogP contribution in [-0.2, 0) is 4.74 Å². The van der Waals surface area contributed by atoms with Crippen molar-refractivity contribution in [1.29, 1.82) is 0 Å². The zero-order chi connectivity index (χ0) is 13.5. The van der Waals surface area contributed by atoms with Gasteiger partial charge >= 0.3 is 0 Å². The van der Waals surface area contributed by atoms with Crippen LogP contribution in [0.5, 0.6) is 0 Å². The quantitative estimate of drug-likeness (QED) is 0.745. The summed E-state index contributed by atoms with van der Waals surface area (Å²) in [6.07, 6.45) is -0.548. The molecule has 2 aliphatic heterocycles. The van der Waals surface area contributed by atoms with E-state index in [2.05, 4.69) is 11.9 Å². The predicted molar refractivity (Wildman–Crippen MR) is 65.8 cm³/mol. The summed E-state index contributed by atoms with van der Waals surface area (Å²) in [5, 5.41) is 11.6. The van der Waals surface area contributed by atoms with Gasteiger partial charge < -0.3 is 20.1 Å². The number of halogens is 2. The molecule has 0 aromatic rings. The Balaban J connectivity index is 2.26. The largest absolute Gasteiger partial charge is 0.394 e. The third kappa shape index (κ3) is 2.25. The summed E-state index contributed by atoms with van der Waals surface area (Å²) in [6, 6.07) is 0. The molecule has 2 heterocycles. The van der Waals surface area contributed by atoms with Crippen LogP contribution in [0.2, 0.25) is 0 Å². The standard InChI is InChI=1S/C11H14F2N2O2S/c1-6-14-9(18)8(12)4-15(6)10-11(2,13)3-7(5-16)17-10/h4,7,10,16H,1,3,5H2,2H3,(H,14,18). The summed E-state index contributed by atoms with van der Waals surface area (Å²) < 4.78 is 33.2. The fraction of sp³-hybridized carbons (Fsp3) is 0.545. The minimum atomic E-state index is -1.71. The molecule has 3 atom stereocenters. The van der Waals surface area contributed by atoms with Crippen molar-refractivity contribution in [2.24, 2.45) is 0 Å². The van der Waals surface area contributed by atoms with Crippen molar-refractivity contribution in [1.82, 2.24) is 10.2 Å². The van der Waals surface area contributed by atoms with Gasteiger partial charge in [0.1, 0.15) is 10.8 Å². The van der Waals surface area contributed by atoms with Gasteiger partial charge in [-0.05, 0) is 6.92 Å². The lowest BCUT2D eigenvalue weighted by atomic mass is 10.0. The fourth-order valence-electron chi connectivity index (χ4n) is 2.10. The van der Waals surface area contributed by atoms with Gasteiger partial charge in [0.05, 0.1) is 12.7 Å². The van der Waals surface area contributed by atoms with Gasteiger partial charge in [-0.1, -0.05) is 18.8 Å². The minimum absolute atomic E-state index is 0.0395. The van der Waals surface area contributed by atoms with Crippen LogP contribution in [0.15, 0.2) is 24.4 Å². The Bertz CT molecular complexity index is 425. The van der Waals surface area contributed by atoms with Crippen LogP contribution in [0.4, 0.5) is 8.78 Å². The number of aliphatic hydroxyl groups excluding tert-OH is 1. The van der Waals surface area contributed by atoms with Gasteiger partial charge in [-0.3, -0.25) is 0 Å². The number of aliphatic hydroxyl groups is 1. The molecule has 1 saturated heterocycles. The molecule has 0 spiro atoms. The van der Waals surface area contributed by atoms with Crippen LogP contribution in [-0.4, -0.2) is 39.6 Å². The second-order valence-electron chi connectivity index (χ2n) is 4.56. The molecule has 3 unspecified atom stereocenters. The highest BCUT2D eigenvalue weighted by Gasteiger charge is 2.49. The zero-order valence-electron chi connectivity index (χ0n) is 9.82. The number of rotatable bonds is 2. The van der Waals surface area contributed by atoms with E-state index in [-0.39, 0.29) is 23.8 Å². The van der Waals surface area contributed by atoms with E-state index in [4.69, 9.17) is 22.1 Å². The maximum absolute atomic E-state index is 14.4. The molecule has 4 nitrogen and oxygen atoms in total. The average Bonchev–Trinajstić information content (AvgIpc) is 2.59. The molecule has 2 rings (SSSR count). The van der Waals surface area contributed by atoms with Gasteiger partial charge in [0.15, 0.2) is 17.7 Å². The Morgan fingerprint density at radius 3 is 3.00 bits per heavy atom. The second-order valence-corrected chi connectivity index (χ2v) is 4.97. The van der Waals surface area contributed by atoms with Crippen LogP contribution < -0.4 is 5.32 Å². The first-order valence-corrected chi connectivity index (χ1v) is 5.87. The van der Waals surface area contributed by atoms with Crippen LogP contribution in [0.25, 0.3) is 0 Å². The maximum Gasteiger partial charge on any atom is 0.174 e. The molecule has 0 aromatic heterocycles. The lowest BCUT2D eigenvalue weighted by Crippen LogP contribution is -2.48. The van der Waals surface area contributed by atoms with Crippen molar-refractivity contribution in [2.75, 3.05) is 6.61 Å². The van der Waals surface area contributed by atoms with E-state index in [1.54, 1.807) is 0 Å². The van der Waals surface area contributed by atoms with Crippen LogP contribution in [0, 0.1) is 0 Å². The summed E-state index contributed by atoms with van der Waals surface area (Å²) in [6.45, 7) is 4.71. The van der Waals surface area contributed by atoms with Crippen molar-refractivity contribution >= 4 is 17.2 Å². The van der Waals surface area contributed by atoms with Crippen molar-refractivity contribution < 1.29 is 18.6 Å². The average molecular weight is 276 g/mol. The van der Waals surface area contributed by atoms with Gasteiger partial charge in [-0.25, -0.2) is 8.78 Å². The number of nitrogens with one attached hydrogen (secondary N) is 1. The lowest BCUT2D eigenvalue weighted by Gasteiger charge is -2.36. The van der Waals surface area contributed by atoms with E-state index in [0.717, 1.165) is 6.20 Å². The molecule has 2 N–H and O–H groups in total. The van der Waals surface area contributed by atoms with E-state index in [0.29, 0.717) is 0 Å². The highest BCUT2D eigenvalue weighted by molar-refractivity contribution is 7.80. The Labute approximate surface area is 109 Å². The topological polar surface area (TPSA) is 44.7 Å². The molecule has 0 aliphatic carbocycles. The third-order valence-electron chi connectivity index (χ3n) is 2.96. The highest BCUT2D eigenvalue weighted by Crippen LogP contribution is 2.38. The molecule has 7 heteroatoms. The van der Waals surface area contributed by atoms with Crippen molar-refractivity contribution in [2.45, 2.75) is 31.3 Å². The minimum Gasteiger partial charge on any atom is -0.394 e. The van der Waals surface area contributed by atoms with Crippen LogP contribution >= 0.6 is 12.2 Å². The van der Waals surface area contributed by atoms with E-state index in [1.165, 1.54) is 11.8 Å². The van der Waals surface area contributed by atoms with Crippen LogP contribution in [0.3, 0.4) is 0 Å². The van der Waals surface area contributed by atoms with E-state index < -0.39 is 23.8 Å². The first kappa shape index (κ1) is 13.4. The summed E-state index contributed by atoms with van der Waals surface area (Å²) in [5.41, 5.74) is -1.71. The molecule has 2 aliphatic rings. The Morgan fingerprint density at radius 1 is 1.78 bits per heavy atom. The Kier molecular flexibility index (Phi) is 3.39. The van der Waals surface area contributed by atoms with E-state index >= 15 is 0 Å². The van der Waals surface area contributed by atoms with Gasteiger partial charge in [0.2, 0.25) is 0 Å². The molecule has 0 amide bonds. The van der Waals surface area contributed by atoms with Crippen LogP contribution in [0.1, 0.15) is 13.3 Å². The first-order chi connectivity index (χ1) is 8.35. The highest BCUT2D eigenvalue weighted by atomic mass is 32.1. The molecule has 0 aromatic carbocycles. The van der Waals surface area contributed by atoms with E-state index in [9.17, 15) is 8.78 Å². The van der Waals surface area contributed by atoms with Gasteiger partial charge in [-0.2, -0.15) is 0 Å². The van der Waals surface area contributed by atoms with Gasteiger partial charge in [0.25, 0.3) is 0 Å². The Hall–Kier alpha value is -1.05. The first-order valence-electron chi connectivity index (χ1n) is 5.46. The summed E-state index contributed by atoms with van der Waals surface area (Å²) in [4.78, 5) is 1.13. The Morgan fingerprint density at radius 2 is 2.44 bits per heavy atom. The number of alkyl halides is 1. The zero-order valence-corrected chi connectivity index (χ0v) is 10.6. The maximum atomic E-state index is 14.4. The summed E-state index contributed by atoms with van der Waals surface area (Å²) in [5.74, 6) is -0.432. The molecule has 18 heavy (non-hydrogen) atoms. The summed E-state index contributed by atoms with van der Waals surface area (Å²) >= 11 is 4.72. The molecule has 0 saturated carbocycles. The number of nitrogens with zero attached hydrogens (tertiary/aromatic N) is 1. The smallest absolute Gasteiger partial charge is 0.174 e. The third-order valence-corrected chi connectivity index (χ3v) is 3.26. The summed E-state index contributed by atoms with van der Waals surface area (Å²) in [7, 11) is 0. The van der Waals surface area contributed by atoms with Crippen molar-refractivity contribution in [3.05, 3.63) is 24.4 Å². The second kappa shape index (κ2) is 4.56. The number of thiocarbonyl (C=S) groups is 1. The van der Waals surface area contributed by atoms with Crippen molar-refractivity contribution in [3.8, 4) is 0 Å². The number of hydrogen-bond donors (Lipinski definition) is 2. The molecule has 0 radical (unpaired) electrons. The van der Waals surface area contributed by atoms with Gasteiger partial charge in [-0.15, -0.1) is 0 Å². The number of ether oxygens (including phenoxy) is 1. The molecular formula is C11H14F2N2O2S. The molecule has 0 bridgehead atoms. The van der Waals surface area contributed by atoms with E-state index in [1.807, 2.05) is 0 Å². The number of hydrogen-bond acceptors (Lipinski definition) is 4. The molecular weight excluding hydrogens is 262 g/mol. The SMILES string of the molecule is C=C1NC(=S)C(F)=CN1C1OC(CO)CC1(C)F. The fourth-order valence-corrected chi connectivity index (χ4v) is 2.28. The normalized spacial score (nSPS) is 36.7. The molecule has 1 fully saturated rings. The lowest BCUT2D eigenvalue weighted by molar-refractivity contribution is -0.0783. The predicted octanol–water partition coefficient (Wildman–Crippen LogP) is 1.34. The monoisotopic (exact) mass is 276 g/mol.